The van der Waals surface area contributed by atoms with Crippen molar-refractivity contribution < 1.29 is 14.0 Å². The molecule has 1 fully saturated rings. The van der Waals surface area contributed by atoms with Gasteiger partial charge in [-0.3, -0.25) is 19.4 Å². The Morgan fingerprint density at radius 1 is 1.13 bits per heavy atom. The van der Waals surface area contributed by atoms with Crippen LogP contribution in [0.1, 0.15) is 32.3 Å². The second-order valence-corrected chi connectivity index (χ2v) is 6.41. The monoisotopic (exact) mass is 336 g/mol. The molecule has 2 rings (SSSR count). The third-order valence-electron chi connectivity index (χ3n) is 3.46. The molecular formula is C17H21FN2O2S. The molecule has 1 aliphatic heterocycles. The minimum atomic E-state index is -0.329. The second kappa shape index (κ2) is 8.26. The van der Waals surface area contributed by atoms with Crippen molar-refractivity contribution in [2.24, 2.45) is 0 Å². The summed E-state index contributed by atoms with van der Waals surface area (Å²) in [5, 5.41) is -0.249. The van der Waals surface area contributed by atoms with Gasteiger partial charge in [0.1, 0.15) is 5.82 Å². The number of imide groups is 1. The highest BCUT2D eigenvalue weighted by molar-refractivity contribution is 8.18. The summed E-state index contributed by atoms with van der Waals surface area (Å²) in [5.74, 6) is -0.605. The van der Waals surface area contributed by atoms with Crippen molar-refractivity contribution >= 4 is 29.0 Å². The van der Waals surface area contributed by atoms with E-state index in [0.717, 1.165) is 37.7 Å². The van der Waals surface area contributed by atoms with Gasteiger partial charge in [-0.15, -0.1) is 0 Å². The topological polar surface area (TPSA) is 40.6 Å². The number of hydrogen-bond acceptors (Lipinski definition) is 4. The number of nitrogens with zero attached hydrogens (tertiary/aromatic N) is 2. The molecular weight excluding hydrogens is 315 g/mol. The van der Waals surface area contributed by atoms with Gasteiger partial charge in [0.15, 0.2) is 0 Å². The molecule has 2 amide bonds. The van der Waals surface area contributed by atoms with Crippen molar-refractivity contribution in [3.05, 3.63) is 40.6 Å². The highest BCUT2D eigenvalue weighted by Crippen LogP contribution is 2.32. The zero-order valence-corrected chi connectivity index (χ0v) is 14.2. The van der Waals surface area contributed by atoms with Crippen LogP contribution in [-0.2, 0) is 4.79 Å². The summed E-state index contributed by atoms with van der Waals surface area (Å²) in [7, 11) is 0. The molecule has 6 heteroatoms. The molecule has 1 saturated heterocycles. The van der Waals surface area contributed by atoms with E-state index in [4.69, 9.17) is 0 Å². The molecule has 4 nitrogen and oxygen atoms in total. The number of halogens is 1. The average Bonchev–Trinajstić information content (AvgIpc) is 2.78. The van der Waals surface area contributed by atoms with Gasteiger partial charge in [0, 0.05) is 0 Å². The summed E-state index contributed by atoms with van der Waals surface area (Å²) in [6.45, 7) is 6.18. The highest BCUT2D eigenvalue weighted by atomic mass is 32.2. The Morgan fingerprint density at radius 3 is 2.30 bits per heavy atom. The fraction of sp³-hybridized carbons (Fsp3) is 0.412. The van der Waals surface area contributed by atoms with E-state index in [0.29, 0.717) is 17.1 Å². The predicted octanol–water partition coefficient (Wildman–Crippen LogP) is 3.94. The Bertz CT molecular complexity index is 595. The molecule has 0 unspecified atom stereocenters. The molecule has 1 heterocycles. The number of hydrogen-bond donors (Lipinski definition) is 0. The first-order valence-electron chi connectivity index (χ1n) is 7.78. The summed E-state index contributed by atoms with van der Waals surface area (Å²) in [5.41, 5.74) is 0.705. The first kappa shape index (κ1) is 17.7. The summed E-state index contributed by atoms with van der Waals surface area (Å²) in [4.78, 5) is 28.3. The standard InChI is InChI=1S/C17H21FN2O2S/c1-3-9-19(10-4-2)12-20-16(21)15(23-17(20)22)11-13-5-7-14(18)8-6-13/h5-8,11H,3-4,9-10,12H2,1-2H3/b15-11-. The van der Waals surface area contributed by atoms with Crippen molar-refractivity contribution in [3.63, 3.8) is 0 Å². The van der Waals surface area contributed by atoms with Gasteiger partial charge in [-0.2, -0.15) is 0 Å². The summed E-state index contributed by atoms with van der Waals surface area (Å²) in [6.07, 6.45) is 3.58. The highest BCUT2D eigenvalue weighted by Gasteiger charge is 2.35. The van der Waals surface area contributed by atoms with Crippen molar-refractivity contribution in [2.75, 3.05) is 19.8 Å². The van der Waals surface area contributed by atoms with Crippen LogP contribution in [0.15, 0.2) is 29.2 Å². The van der Waals surface area contributed by atoms with Gasteiger partial charge in [-0.25, -0.2) is 4.39 Å². The summed E-state index contributed by atoms with van der Waals surface area (Å²) in [6, 6.07) is 5.84. The molecule has 1 aliphatic rings. The van der Waals surface area contributed by atoms with E-state index in [1.165, 1.54) is 17.0 Å². The van der Waals surface area contributed by atoms with E-state index in [2.05, 4.69) is 18.7 Å². The van der Waals surface area contributed by atoms with Crippen LogP contribution in [0.2, 0.25) is 0 Å². The minimum Gasteiger partial charge on any atom is -0.286 e. The number of thioether (sulfide) groups is 1. The number of rotatable bonds is 7. The zero-order valence-electron chi connectivity index (χ0n) is 13.4. The zero-order chi connectivity index (χ0) is 16.8. The second-order valence-electron chi connectivity index (χ2n) is 5.42. The molecule has 1 aromatic rings. The predicted molar refractivity (Wildman–Crippen MR) is 91.2 cm³/mol. The van der Waals surface area contributed by atoms with Crippen LogP contribution in [0.3, 0.4) is 0 Å². The number of benzene rings is 1. The van der Waals surface area contributed by atoms with Crippen LogP contribution < -0.4 is 0 Å². The Hall–Kier alpha value is -1.66. The van der Waals surface area contributed by atoms with E-state index in [1.807, 2.05) is 0 Å². The minimum absolute atomic E-state index is 0.249. The van der Waals surface area contributed by atoms with Crippen LogP contribution in [0, 0.1) is 5.82 Å². The fourth-order valence-corrected chi connectivity index (χ4v) is 3.25. The Balaban J connectivity index is 2.11. The molecule has 0 radical (unpaired) electrons. The molecule has 0 saturated carbocycles. The lowest BCUT2D eigenvalue weighted by molar-refractivity contribution is -0.124. The molecule has 124 valence electrons. The maximum absolute atomic E-state index is 12.9. The van der Waals surface area contributed by atoms with Crippen molar-refractivity contribution in [1.29, 1.82) is 0 Å². The van der Waals surface area contributed by atoms with Gasteiger partial charge in [0.05, 0.1) is 11.6 Å². The van der Waals surface area contributed by atoms with Crippen LogP contribution in [0.5, 0.6) is 0 Å². The molecule has 1 aromatic carbocycles. The van der Waals surface area contributed by atoms with Crippen LogP contribution in [0.4, 0.5) is 9.18 Å². The molecule has 0 atom stereocenters. The van der Waals surface area contributed by atoms with Crippen LogP contribution in [0.25, 0.3) is 6.08 Å². The number of amides is 2. The van der Waals surface area contributed by atoms with E-state index < -0.39 is 0 Å². The summed E-state index contributed by atoms with van der Waals surface area (Å²) >= 11 is 0.937. The first-order chi connectivity index (χ1) is 11.0. The van der Waals surface area contributed by atoms with Gasteiger partial charge >= 0.3 is 0 Å². The van der Waals surface area contributed by atoms with Crippen LogP contribution in [-0.4, -0.2) is 40.7 Å². The third kappa shape index (κ3) is 4.65. The van der Waals surface area contributed by atoms with E-state index in [1.54, 1.807) is 18.2 Å². The van der Waals surface area contributed by atoms with E-state index >= 15 is 0 Å². The van der Waals surface area contributed by atoms with Crippen molar-refractivity contribution in [3.8, 4) is 0 Å². The molecule has 0 N–H and O–H groups in total. The van der Waals surface area contributed by atoms with Crippen molar-refractivity contribution in [1.82, 2.24) is 9.80 Å². The average molecular weight is 336 g/mol. The lowest BCUT2D eigenvalue weighted by atomic mass is 10.2. The quantitative estimate of drug-likeness (QED) is 0.707. The number of carbonyl (C=O) groups is 2. The lowest BCUT2D eigenvalue weighted by Crippen LogP contribution is -2.41. The SMILES string of the molecule is CCCN(CCC)CN1C(=O)S/C(=C\c2ccc(F)cc2)C1=O. The van der Waals surface area contributed by atoms with Gasteiger partial charge in [0.2, 0.25) is 0 Å². The normalized spacial score (nSPS) is 16.9. The molecule has 23 heavy (non-hydrogen) atoms. The van der Waals surface area contributed by atoms with E-state index in [-0.39, 0.29) is 17.0 Å². The summed E-state index contributed by atoms with van der Waals surface area (Å²) < 4.78 is 12.9. The van der Waals surface area contributed by atoms with Gasteiger partial charge in [-0.05, 0) is 61.5 Å². The van der Waals surface area contributed by atoms with Gasteiger partial charge < -0.3 is 0 Å². The first-order valence-corrected chi connectivity index (χ1v) is 8.60. The van der Waals surface area contributed by atoms with Gasteiger partial charge in [-0.1, -0.05) is 26.0 Å². The molecule has 0 bridgehead atoms. The third-order valence-corrected chi connectivity index (χ3v) is 4.37. The molecule has 0 spiro atoms. The van der Waals surface area contributed by atoms with Crippen LogP contribution >= 0.6 is 11.8 Å². The molecule has 0 aromatic heterocycles. The lowest BCUT2D eigenvalue weighted by Gasteiger charge is -2.25. The maximum Gasteiger partial charge on any atom is 0.294 e. The van der Waals surface area contributed by atoms with Gasteiger partial charge in [0.25, 0.3) is 11.1 Å². The Kier molecular flexibility index (Phi) is 6.36. The largest absolute Gasteiger partial charge is 0.294 e. The van der Waals surface area contributed by atoms with E-state index in [9.17, 15) is 14.0 Å². The number of carbonyl (C=O) groups excluding carboxylic acids is 2. The maximum atomic E-state index is 12.9. The smallest absolute Gasteiger partial charge is 0.286 e. The Morgan fingerprint density at radius 2 is 1.74 bits per heavy atom. The molecule has 0 aliphatic carbocycles. The fourth-order valence-electron chi connectivity index (χ4n) is 2.42. The Labute approximate surface area is 140 Å². The van der Waals surface area contributed by atoms with Crippen molar-refractivity contribution in [2.45, 2.75) is 26.7 Å².